The summed E-state index contributed by atoms with van der Waals surface area (Å²) in [6, 6.07) is 37.3. The molecular weight excluding hydrogens is 811 g/mol. The van der Waals surface area contributed by atoms with Crippen molar-refractivity contribution in [2.45, 2.75) is 70.9 Å². The number of aliphatic imine (C=N–C) groups is 1. The molecule has 3 aromatic heterocycles. The predicted octanol–water partition coefficient (Wildman–Crippen LogP) is 9.65. The van der Waals surface area contributed by atoms with Crippen molar-refractivity contribution in [3.63, 3.8) is 0 Å². The minimum atomic E-state index is -0.223. The molecule has 0 amide bonds. The van der Waals surface area contributed by atoms with Gasteiger partial charge in [-0.3, -0.25) is 19.1 Å². The standard InChI is InChI=1S/C53H57N9OS/c1-35-36(2)64-53-49(35)51(55-48(34-61-25-7-24-54-61)52-57-56-37(3)62(52)53)41-12-17-44(18-13-41)60-30-28-58(29-31-60)33-38-22-26-59(27-23-38)43-15-10-40(11-16-43)50-46(39-8-5-4-6-9-39)20-14-42-32-45(63)19-21-47(42)50/h4-13,15-19,21,24-25,32,38,46,48,50,63H,14,20,22-23,26-31,33-34H2,1-3H3/t46-,48-,50+/m1/s1. The molecule has 0 unspecified atom stereocenters. The topological polar surface area (TPSA) is 90.8 Å². The maximum absolute atomic E-state index is 10.3. The minimum Gasteiger partial charge on any atom is -0.508 e. The van der Waals surface area contributed by atoms with Crippen molar-refractivity contribution in [2.75, 3.05) is 55.6 Å². The Balaban J connectivity index is 0.717. The number of rotatable bonds is 9. The molecule has 0 saturated carbocycles. The van der Waals surface area contributed by atoms with Gasteiger partial charge in [0.1, 0.15) is 22.6 Å². The van der Waals surface area contributed by atoms with Crippen LogP contribution in [-0.2, 0) is 13.0 Å². The van der Waals surface area contributed by atoms with E-state index in [1.54, 1.807) is 11.3 Å². The smallest absolute Gasteiger partial charge is 0.165 e. The largest absolute Gasteiger partial charge is 0.508 e. The molecular formula is C53H57N9OS. The molecule has 0 radical (unpaired) electrons. The van der Waals surface area contributed by atoms with Crippen LogP contribution in [0.4, 0.5) is 11.4 Å². The second-order valence-electron chi connectivity index (χ2n) is 18.4. The summed E-state index contributed by atoms with van der Waals surface area (Å²) < 4.78 is 4.16. The van der Waals surface area contributed by atoms with Gasteiger partial charge in [0.25, 0.3) is 0 Å². The minimum absolute atomic E-state index is 0.223. The molecule has 1 N–H and O–H groups in total. The highest BCUT2D eigenvalue weighted by Crippen LogP contribution is 2.47. The van der Waals surface area contributed by atoms with Crippen LogP contribution in [0.5, 0.6) is 5.75 Å². The van der Waals surface area contributed by atoms with E-state index in [0.717, 1.165) is 86.0 Å². The molecule has 2 saturated heterocycles. The molecule has 0 bridgehead atoms. The number of piperidine rings is 1. The van der Waals surface area contributed by atoms with E-state index in [-0.39, 0.29) is 12.0 Å². The lowest BCUT2D eigenvalue weighted by Crippen LogP contribution is -2.49. The number of piperazine rings is 1. The SMILES string of the molecule is Cc1sc2c(c1C)C(c1ccc(N3CCN(CC4CCN(c5ccc([C@@H]6c7ccc(O)cc7CC[C@@H]6c6ccccc6)cc5)CC4)CC3)cc1)=N[C@H](Cn1cccn1)c1nnc(C)n1-2. The molecule has 3 atom stereocenters. The first-order valence-corrected chi connectivity index (χ1v) is 24.0. The molecule has 1 aliphatic carbocycles. The molecule has 64 heavy (non-hydrogen) atoms. The lowest BCUT2D eigenvalue weighted by Gasteiger charge is -2.40. The van der Waals surface area contributed by atoms with Gasteiger partial charge in [-0.05, 0) is 129 Å². The maximum atomic E-state index is 10.3. The summed E-state index contributed by atoms with van der Waals surface area (Å²) in [6.45, 7) is 14.7. The van der Waals surface area contributed by atoms with Crippen molar-refractivity contribution in [3.8, 4) is 10.8 Å². The third kappa shape index (κ3) is 7.72. The van der Waals surface area contributed by atoms with Crippen LogP contribution in [0, 0.1) is 26.7 Å². The monoisotopic (exact) mass is 867 g/mol. The van der Waals surface area contributed by atoms with Crippen molar-refractivity contribution in [1.29, 1.82) is 0 Å². The number of hydrogen-bond donors (Lipinski definition) is 1. The zero-order valence-electron chi connectivity index (χ0n) is 37.1. The Hall–Kier alpha value is -6.04. The van der Waals surface area contributed by atoms with Gasteiger partial charge in [-0.1, -0.05) is 60.7 Å². The van der Waals surface area contributed by atoms with Crippen LogP contribution in [0.3, 0.4) is 0 Å². The summed E-state index contributed by atoms with van der Waals surface area (Å²) in [5, 5.41) is 25.1. The Labute approximate surface area is 380 Å². The lowest BCUT2D eigenvalue weighted by molar-refractivity contribution is 0.201. The zero-order chi connectivity index (χ0) is 43.3. The molecule has 11 heteroatoms. The number of aryl methyl sites for hydroxylation is 3. The number of aromatic nitrogens is 5. The van der Waals surface area contributed by atoms with E-state index >= 15 is 0 Å². The van der Waals surface area contributed by atoms with Crippen LogP contribution in [0.15, 0.2) is 121 Å². The van der Waals surface area contributed by atoms with Gasteiger partial charge in [0.05, 0.1) is 12.3 Å². The molecule has 3 aliphatic heterocycles. The average Bonchev–Trinajstić information content (AvgIpc) is 4.04. The second kappa shape index (κ2) is 17.2. The molecule has 4 aromatic carbocycles. The van der Waals surface area contributed by atoms with E-state index in [0.29, 0.717) is 18.2 Å². The fourth-order valence-electron chi connectivity index (χ4n) is 11.0. The number of aromatic hydroxyl groups is 1. The third-order valence-corrected chi connectivity index (χ3v) is 15.8. The van der Waals surface area contributed by atoms with E-state index in [1.807, 2.05) is 42.2 Å². The van der Waals surface area contributed by atoms with E-state index in [9.17, 15) is 5.11 Å². The van der Waals surface area contributed by atoms with E-state index in [2.05, 4.69) is 133 Å². The van der Waals surface area contributed by atoms with Crippen molar-refractivity contribution >= 4 is 28.4 Å². The van der Waals surface area contributed by atoms with Gasteiger partial charge in [-0.25, -0.2) is 0 Å². The highest BCUT2D eigenvalue weighted by molar-refractivity contribution is 7.15. The van der Waals surface area contributed by atoms with Crippen LogP contribution in [-0.4, -0.2) is 86.1 Å². The normalized spacial score (nSPS) is 20.4. The Morgan fingerprint density at radius 1 is 0.719 bits per heavy atom. The van der Waals surface area contributed by atoms with Gasteiger partial charge in [-0.15, -0.1) is 21.5 Å². The van der Waals surface area contributed by atoms with E-state index in [4.69, 9.17) is 4.99 Å². The van der Waals surface area contributed by atoms with Gasteiger partial charge in [-0.2, -0.15) is 5.10 Å². The summed E-state index contributed by atoms with van der Waals surface area (Å²) >= 11 is 1.80. The Morgan fingerprint density at radius 2 is 1.45 bits per heavy atom. The number of hydrogen-bond acceptors (Lipinski definition) is 9. The number of nitrogens with zero attached hydrogens (tertiary/aromatic N) is 9. The first-order valence-electron chi connectivity index (χ1n) is 23.2. The molecule has 4 aliphatic rings. The zero-order valence-corrected chi connectivity index (χ0v) is 38.0. The first-order chi connectivity index (χ1) is 31.3. The van der Waals surface area contributed by atoms with Crippen LogP contribution >= 0.6 is 11.3 Å². The summed E-state index contributed by atoms with van der Waals surface area (Å²) in [5.41, 5.74) is 12.6. The molecule has 11 rings (SSSR count). The van der Waals surface area contributed by atoms with Gasteiger partial charge in [0, 0.05) is 91.5 Å². The van der Waals surface area contributed by atoms with Crippen molar-refractivity contribution < 1.29 is 5.11 Å². The number of anilines is 2. The number of benzene rings is 4. The first kappa shape index (κ1) is 40.7. The number of fused-ring (bicyclic) bond motifs is 4. The molecule has 0 spiro atoms. The number of phenolic OH excluding ortho intramolecular Hbond substituents is 1. The van der Waals surface area contributed by atoms with Crippen molar-refractivity contribution in [3.05, 3.63) is 171 Å². The summed E-state index contributed by atoms with van der Waals surface area (Å²) in [6.07, 6.45) is 8.34. The van der Waals surface area contributed by atoms with Gasteiger partial charge in [0.2, 0.25) is 0 Å². The Kier molecular flexibility index (Phi) is 10.9. The summed E-state index contributed by atoms with van der Waals surface area (Å²) in [5.74, 6) is 3.52. The van der Waals surface area contributed by atoms with Crippen LogP contribution in [0.1, 0.15) is 92.6 Å². The summed E-state index contributed by atoms with van der Waals surface area (Å²) in [4.78, 5) is 14.6. The molecule has 6 heterocycles. The third-order valence-electron chi connectivity index (χ3n) is 14.6. The lowest BCUT2D eigenvalue weighted by atomic mass is 9.69. The fourth-order valence-corrected chi connectivity index (χ4v) is 12.2. The Morgan fingerprint density at radius 3 is 2.19 bits per heavy atom. The van der Waals surface area contributed by atoms with Gasteiger partial charge >= 0.3 is 0 Å². The van der Waals surface area contributed by atoms with Crippen LogP contribution < -0.4 is 9.80 Å². The maximum Gasteiger partial charge on any atom is 0.165 e. The summed E-state index contributed by atoms with van der Waals surface area (Å²) in [7, 11) is 0. The molecule has 2 fully saturated rings. The highest BCUT2D eigenvalue weighted by Gasteiger charge is 2.34. The van der Waals surface area contributed by atoms with Crippen molar-refractivity contribution in [2.24, 2.45) is 10.9 Å². The quantitative estimate of drug-likeness (QED) is 0.155. The molecule has 10 nitrogen and oxygen atoms in total. The van der Waals surface area contributed by atoms with Crippen LogP contribution in [0.2, 0.25) is 0 Å². The Bertz CT molecular complexity index is 2760. The number of thiophene rings is 1. The second-order valence-corrected chi connectivity index (χ2v) is 19.6. The van der Waals surface area contributed by atoms with Gasteiger partial charge < -0.3 is 14.9 Å². The molecule has 7 aromatic rings. The van der Waals surface area contributed by atoms with Gasteiger partial charge in [0.15, 0.2) is 5.82 Å². The van der Waals surface area contributed by atoms with E-state index < -0.39 is 0 Å². The van der Waals surface area contributed by atoms with Crippen LogP contribution in [0.25, 0.3) is 5.00 Å². The highest BCUT2D eigenvalue weighted by atomic mass is 32.1. The molecule has 326 valence electrons. The van der Waals surface area contributed by atoms with E-state index in [1.165, 1.54) is 69.0 Å². The van der Waals surface area contributed by atoms with Crippen molar-refractivity contribution in [1.82, 2.24) is 29.4 Å². The average molecular weight is 868 g/mol. The number of phenols is 1. The fraction of sp³-hybridized carbons (Fsp3) is 0.358. The predicted molar refractivity (Wildman–Crippen MR) is 258 cm³/mol.